The van der Waals surface area contributed by atoms with Gasteiger partial charge in [0, 0.05) is 18.2 Å². The van der Waals surface area contributed by atoms with E-state index < -0.39 is 0 Å². The van der Waals surface area contributed by atoms with Gasteiger partial charge in [-0.3, -0.25) is 0 Å². The highest BCUT2D eigenvalue weighted by Crippen LogP contribution is 2.25. The third kappa shape index (κ3) is 2.62. The van der Waals surface area contributed by atoms with Crippen LogP contribution in [0.1, 0.15) is 17.4 Å². The number of aliphatic imine (C=N–C) groups is 1. The topological polar surface area (TPSA) is 43.3 Å². The maximum absolute atomic E-state index is 5.62. The summed E-state index contributed by atoms with van der Waals surface area (Å²) in [4.78, 5) is 10.1. The van der Waals surface area contributed by atoms with E-state index in [0.29, 0.717) is 19.1 Å². The van der Waals surface area contributed by atoms with Crippen LogP contribution in [-0.2, 0) is 14.3 Å². The van der Waals surface area contributed by atoms with E-state index in [-0.39, 0.29) is 11.8 Å². The average molecular weight is 280 g/mol. The van der Waals surface area contributed by atoms with Crippen molar-refractivity contribution in [3.05, 3.63) is 35.4 Å². The Morgan fingerprint density at radius 3 is 2.47 bits per heavy atom. The van der Waals surface area contributed by atoms with E-state index in [1.165, 1.54) is 0 Å². The highest BCUT2D eigenvalue weighted by Gasteiger charge is 2.25. The van der Waals surface area contributed by atoms with Gasteiger partial charge < -0.3 is 14.3 Å². The van der Waals surface area contributed by atoms with Gasteiger partial charge in [-0.25, -0.2) is 4.99 Å². The van der Waals surface area contributed by atoms with E-state index in [1.54, 1.807) is 16.8 Å². The molecule has 0 spiro atoms. The van der Waals surface area contributed by atoms with Crippen LogP contribution < -0.4 is 0 Å². The van der Waals surface area contributed by atoms with Gasteiger partial charge in [0.2, 0.25) is 5.90 Å². The summed E-state index contributed by atoms with van der Waals surface area (Å²) in [6.07, 6.45) is 1.77. The molecule has 0 saturated carbocycles. The Balaban J connectivity index is 1.76. The van der Waals surface area contributed by atoms with E-state index in [1.807, 2.05) is 37.6 Å². The van der Waals surface area contributed by atoms with Gasteiger partial charge in [-0.05, 0) is 18.4 Å². The summed E-state index contributed by atoms with van der Waals surface area (Å²) in [7, 11) is 1.88. The predicted molar refractivity (Wildman–Crippen MR) is 73.8 cm³/mol. The molecule has 1 aromatic rings. The molecule has 1 saturated heterocycles. The van der Waals surface area contributed by atoms with Crippen molar-refractivity contribution < 1.29 is 14.3 Å². The molecule has 0 N–H and O–H groups in total. The summed E-state index contributed by atoms with van der Waals surface area (Å²) in [6, 6.07) is 7.94. The predicted octanol–water partition coefficient (Wildman–Crippen LogP) is 2.00. The largest absolute Gasteiger partial charge is 0.383 e. The van der Waals surface area contributed by atoms with Gasteiger partial charge in [-0.1, -0.05) is 12.1 Å². The number of hydrogen-bond acceptors (Lipinski definition) is 6. The molecule has 2 aliphatic rings. The average Bonchev–Trinajstić information content (AvgIpc) is 3.08. The Morgan fingerprint density at radius 2 is 1.89 bits per heavy atom. The zero-order valence-electron chi connectivity index (χ0n) is 10.9. The molecule has 102 valence electrons. The van der Waals surface area contributed by atoms with E-state index in [4.69, 9.17) is 14.3 Å². The van der Waals surface area contributed by atoms with Crippen molar-refractivity contribution >= 4 is 17.7 Å². The Morgan fingerprint density at radius 1 is 1.21 bits per heavy atom. The molecule has 1 aromatic carbocycles. The molecular formula is C13H16N2O3S. The first-order valence-corrected chi connectivity index (χ1v) is 7.41. The highest BCUT2D eigenvalue weighted by molar-refractivity contribution is 7.99. The SMILES string of the molecule is CSC1N=C(c2ccc(C3OCCO3)cc2)ON1C. The molecule has 1 fully saturated rings. The second-order valence-corrected chi connectivity index (χ2v) is 5.22. The van der Waals surface area contributed by atoms with E-state index >= 15 is 0 Å². The van der Waals surface area contributed by atoms with Gasteiger partial charge in [0.15, 0.2) is 11.8 Å². The van der Waals surface area contributed by atoms with Gasteiger partial charge in [-0.15, -0.1) is 16.8 Å². The van der Waals surface area contributed by atoms with Crippen LogP contribution >= 0.6 is 11.8 Å². The molecule has 0 aliphatic carbocycles. The molecule has 0 aromatic heterocycles. The van der Waals surface area contributed by atoms with Crippen molar-refractivity contribution in [2.45, 2.75) is 11.8 Å². The number of benzene rings is 1. The standard InChI is InChI=1S/C13H16N2O3S/c1-15-13(19-2)14-11(18-15)9-3-5-10(6-4-9)12-16-7-8-17-12/h3-6,12-13H,7-8H2,1-2H3. The lowest BCUT2D eigenvalue weighted by Gasteiger charge is -2.13. The smallest absolute Gasteiger partial charge is 0.243 e. The van der Waals surface area contributed by atoms with Gasteiger partial charge in [-0.2, -0.15) is 0 Å². The molecule has 2 heterocycles. The number of rotatable bonds is 3. The first-order valence-electron chi connectivity index (χ1n) is 6.13. The fraction of sp³-hybridized carbons (Fsp3) is 0.462. The first kappa shape index (κ1) is 12.9. The van der Waals surface area contributed by atoms with E-state index in [0.717, 1.165) is 11.1 Å². The maximum Gasteiger partial charge on any atom is 0.243 e. The summed E-state index contributed by atoms with van der Waals surface area (Å²) >= 11 is 1.64. The molecule has 2 aliphatic heterocycles. The second-order valence-electron chi connectivity index (χ2n) is 4.33. The van der Waals surface area contributed by atoms with Crippen molar-refractivity contribution in [1.82, 2.24) is 5.06 Å². The van der Waals surface area contributed by atoms with Gasteiger partial charge in [0.05, 0.1) is 13.2 Å². The number of hydroxylamine groups is 2. The van der Waals surface area contributed by atoms with Crippen molar-refractivity contribution in [2.24, 2.45) is 4.99 Å². The Labute approximate surface area is 116 Å². The Bertz CT molecular complexity index is 471. The number of thioether (sulfide) groups is 1. The molecule has 1 unspecified atom stereocenters. The monoisotopic (exact) mass is 280 g/mol. The summed E-state index contributed by atoms with van der Waals surface area (Å²) in [6.45, 7) is 1.31. The van der Waals surface area contributed by atoms with Crippen LogP contribution in [0.4, 0.5) is 0 Å². The van der Waals surface area contributed by atoms with Crippen LogP contribution in [0.5, 0.6) is 0 Å². The normalized spacial score (nSPS) is 24.5. The lowest BCUT2D eigenvalue weighted by Crippen LogP contribution is -2.21. The fourth-order valence-electron chi connectivity index (χ4n) is 2.05. The minimum atomic E-state index is -0.234. The van der Waals surface area contributed by atoms with Crippen LogP contribution in [0.25, 0.3) is 0 Å². The number of hydrogen-bond donors (Lipinski definition) is 0. The lowest BCUT2D eigenvalue weighted by molar-refractivity contribution is -0.0441. The van der Waals surface area contributed by atoms with Crippen molar-refractivity contribution in [3.8, 4) is 0 Å². The van der Waals surface area contributed by atoms with Crippen molar-refractivity contribution in [3.63, 3.8) is 0 Å². The van der Waals surface area contributed by atoms with Crippen LogP contribution in [-0.4, -0.2) is 43.0 Å². The third-order valence-electron chi connectivity index (χ3n) is 3.03. The number of nitrogens with zero attached hydrogens (tertiary/aromatic N) is 2. The molecule has 5 nitrogen and oxygen atoms in total. The summed E-state index contributed by atoms with van der Waals surface area (Å²) < 4.78 is 10.9. The van der Waals surface area contributed by atoms with E-state index in [9.17, 15) is 0 Å². The lowest BCUT2D eigenvalue weighted by atomic mass is 10.1. The third-order valence-corrected chi connectivity index (χ3v) is 3.86. The maximum atomic E-state index is 5.62. The first-order chi connectivity index (χ1) is 9.28. The van der Waals surface area contributed by atoms with Crippen LogP contribution in [0.3, 0.4) is 0 Å². The zero-order chi connectivity index (χ0) is 13.2. The minimum Gasteiger partial charge on any atom is -0.383 e. The second kappa shape index (κ2) is 5.50. The zero-order valence-corrected chi connectivity index (χ0v) is 11.7. The molecule has 19 heavy (non-hydrogen) atoms. The Kier molecular flexibility index (Phi) is 3.74. The summed E-state index contributed by atoms with van der Waals surface area (Å²) in [5.74, 6) is 0.654. The molecule has 0 amide bonds. The molecule has 3 rings (SSSR count). The van der Waals surface area contributed by atoms with E-state index in [2.05, 4.69) is 4.99 Å². The number of ether oxygens (including phenoxy) is 2. The Hall–Kier alpha value is -1.08. The molecule has 1 atom stereocenters. The quantitative estimate of drug-likeness (QED) is 0.847. The minimum absolute atomic E-state index is 0.0242. The molecule has 0 bridgehead atoms. The summed E-state index contributed by atoms with van der Waals surface area (Å²) in [5, 5.41) is 1.75. The van der Waals surface area contributed by atoms with Crippen LogP contribution in [0, 0.1) is 0 Å². The molecular weight excluding hydrogens is 264 g/mol. The van der Waals surface area contributed by atoms with Gasteiger partial charge in [0.1, 0.15) is 0 Å². The van der Waals surface area contributed by atoms with Crippen molar-refractivity contribution in [1.29, 1.82) is 0 Å². The van der Waals surface area contributed by atoms with Crippen LogP contribution in [0.2, 0.25) is 0 Å². The fourth-order valence-corrected chi connectivity index (χ4v) is 2.59. The van der Waals surface area contributed by atoms with Gasteiger partial charge >= 0.3 is 0 Å². The summed E-state index contributed by atoms with van der Waals surface area (Å²) in [5.41, 5.74) is 2.01. The highest BCUT2D eigenvalue weighted by atomic mass is 32.2. The van der Waals surface area contributed by atoms with Crippen molar-refractivity contribution in [2.75, 3.05) is 26.5 Å². The molecule has 0 radical (unpaired) electrons. The van der Waals surface area contributed by atoms with Crippen LogP contribution in [0.15, 0.2) is 29.3 Å². The molecule has 6 heteroatoms. The van der Waals surface area contributed by atoms with Gasteiger partial charge in [0.25, 0.3) is 0 Å².